The Balaban J connectivity index is 1.50. The number of ether oxygens (including phenoxy) is 1. The Morgan fingerprint density at radius 2 is 1.62 bits per heavy atom. The van der Waals surface area contributed by atoms with E-state index >= 15 is 0 Å². The van der Waals surface area contributed by atoms with Gasteiger partial charge in [-0.15, -0.1) is 0 Å². The van der Waals surface area contributed by atoms with Crippen LogP contribution in [0.15, 0.2) is 24.3 Å². The van der Waals surface area contributed by atoms with Crippen LogP contribution < -0.4 is 21.3 Å². The van der Waals surface area contributed by atoms with Crippen molar-refractivity contribution in [3.63, 3.8) is 0 Å². The Morgan fingerprint density at radius 3 is 2.18 bits per heavy atom. The second kappa shape index (κ2) is 18.2. The predicted molar refractivity (Wildman–Crippen MR) is 206 cm³/mol. The number of methoxy groups -OCH3 is 1. The number of amides is 5. The van der Waals surface area contributed by atoms with E-state index in [1.165, 1.54) is 19.1 Å². The highest BCUT2D eigenvalue weighted by Gasteiger charge is 2.69. The molecular formula is C39H60F2N6O8S. The second-order valence-electron chi connectivity index (χ2n) is 17.3. The van der Waals surface area contributed by atoms with Crippen molar-refractivity contribution < 1.29 is 45.9 Å². The Hall–Kier alpha value is -3.86. The number of sulfonamides is 1. The highest BCUT2D eigenvalue weighted by Crippen LogP contribution is 2.65. The number of halogens is 2. The van der Waals surface area contributed by atoms with Gasteiger partial charge >= 0.3 is 12.0 Å². The first-order valence-corrected chi connectivity index (χ1v) is 21.2. The minimum Gasteiger partial charge on any atom is -0.465 e. The Morgan fingerprint density at radius 1 is 1.00 bits per heavy atom. The molecule has 314 valence electrons. The molecule has 56 heavy (non-hydrogen) atoms. The molecule has 0 bridgehead atoms. The number of benzene rings is 1. The Labute approximate surface area is 329 Å². The van der Waals surface area contributed by atoms with Gasteiger partial charge in [-0.2, -0.15) is 0 Å². The summed E-state index contributed by atoms with van der Waals surface area (Å²) in [5, 5.41) is 11.0. The van der Waals surface area contributed by atoms with Gasteiger partial charge in [-0.05, 0) is 65.5 Å². The third kappa shape index (κ3) is 11.2. The number of nitrogens with zero attached hydrogens (tertiary/aromatic N) is 2. The third-order valence-corrected chi connectivity index (χ3v) is 13.2. The van der Waals surface area contributed by atoms with Crippen molar-refractivity contribution in [2.24, 2.45) is 28.6 Å². The van der Waals surface area contributed by atoms with Crippen LogP contribution in [0.3, 0.4) is 0 Å². The summed E-state index contributed by atoms with van der Waals surface area (Å²) in [7, 11) is -0.841. The molecule has 3 fully saturated rings. The van der Waals surface area contributed by atoms with Gasteiger partial charge in [0.2, 0.25) is 34.2 Å². The first-order chi connectivity index (χ1) is 26.1. The lowest BCUT2D eigenvalue weighted by Gasteiger charge is -2.38. The number of rotatable bonds is 16. The van der Waals surface area contributed by atoms with Crippen molar-refractivity contribution in [3.8, 4) is 0 Å². The van der Waals surface area contributed by atoms with Crippen LogP contribution in [0.25, 0.3) is 0 Å². The van der Waals surface area contributed by atoms with Crippen LogP contribution in [-0.4, -0.2) is 118 Å². The molecule has 4 rings (SSSR count). The summed E-state index contributed by atoms with van der Waals surface area (Å²) in [6.07, 6.45) is 1.61. The maximum absolute atomic E-state index is 14.6. The molecule has 1 aliphatic heterocycles. The molecule has 14 nitrogen and oxygen atoms in total. The molecule has 6 atom stereocenters. The second-order valence-corrected chi connectivity index (χ2v) is 19.4. The predicted octanol–water partition coefficient (Wildman–Crippen LogP) is 3.31. The fraction of sp³-hybridized carbons (Fsp3) is 0.718. The first-order valence-electron chi connectivity index (χ1n) is 19.4. The van der Waals surface area contributed by atoms with E-state index in [1.807, 2.05) is 34.6 Å². The van der Waals surface area contributed by atoms with Crippen molar-refractivity contribution in [2.45, 2.75) is 110 Å². The van der Waals surface area contributed by atoms with Crippen molar-refractivity contribution >= 4 is 39.7 Å². The minimum absolute atomic E-state index is 0.00209. The number of alkyl halides is 2. The highest BCUT2D eigenvalue weighted by molar-refractivity contribution is 7.88. The average molecular weight is 811 g/mol. The molecule has 1 aromatic carbocycles. The van der Waals surface area contributed by atoms with Crippen LogP contribution in [0.5, 0.6) is 0 Å². The molecular weight excluding hydrogens is 751 g/mol. The standard InChI is InChI=1S/C39H60F2N6O8S/c1-38(2,3)28(22-46(6)56(8,53)54)44-37(52)45-31(24-12-10-9-11-13-24)35(50)47-21-26-30(39(26,4)5)32(47)34(49)43-27(20-29(40)41)33(48)42-19-18-23-14-16-25(17-15-23)36(51)55-7/h14-17,24,26-32H,9-13,18-22H2,1-8H3,(H,42,48)(H,43,49)(H2,44,45,52)/t26?,27-,28+,30?,31-,32-/m0/s1. The molecule has 2 unspecified atom stereocenters. The molecule has 0 aromatic heterocycles. The quantitative estimate of drug-likeness (QED) is 0.184. The average Bonchev–Trinajstić information content (AvgIpc) is 3.42. The van der Waals surface area contributed by atoms with Crippen molar-refractivity contribution in [1.82, 2.24) is 30.5 Å². The summed E-state index contributed by atoms with van der Waals surface area (Å²) in [6.45, 7) is 9.88. The summed E-state index contributed by atoms with van der Waals surface area (Å²) < 4.78 is 57.9. The number of hydrogen-bond acceptors (Lipinski definition) is 8. The molecule has 4 N–H and O–H groups in total. The van der Waals surface area contributed by atoms with E-state index in [0.29, 0.717) is 24.8 Å². The van der Waals surface area contributed by atoms with Gasteiger partial charge in [0.15, 0.2) is 0 Å². The number of piperidine rings is 1. The molecule has 1 saturated heterocycles. The fourth-order valence-electron chi connectivity index (χ4n) is 8.16. The van der Waals surface area contributed by atoms with Crippen LogP contribution in [0.2, 0.25) is 0 Å². The zero-order valence-electron chi connectivity index (χ0n) is 33.8. The van der Waals surface area contributed by atoms with Crippen LogP contribution in [0, 0.1) is 28.6 Å². The number of hydrogen-bond donors (Lipinski definition) is 4. The normalized spacial score (nSPS) is 22.4. The van der Waals surface area contributed by atoms with Gasteiger partial charge in [0.25, 0.3) is 0 Å². The van der Waals surface area contributed by atoms with E-state index in [1.54, 1.807) is 24.3 Å². The van der Waals surface area contributed by atoms with Crippen LogP contribution in [0.1, 0.15) is 89.1 Å². The van der Waals surface area contributed by atoms with Crippen molar-refractivity contribution in [3.05, 3.63) is 35.4 Å². The number of fused-ring (bicyclic) bond motifs is 1. The summed E-state index contributed by atoms with van der Waals surface area (Å²) >= 11 is 0. The van der Waals surface area contributed by atoms with Crippen LogP contribution in [-0.2, 0) is 35.6 Å². The van der Waals surface area contributed by atoms with E-state index in [0.717, 1.165) is 35.4 Å². The van der Waals surface area contributed by atoms with Gasteiger partial charge in [-0.1, -0.05) is 66.0 Å². The van der Waals surface area contributed by atoms with Gasteiger partial charge in [-0.3, -0.25) is 14.4 Å². The number of nitrogens with one attached hydrogen (secondary N) is 4. The van der Waals surface area contributed by atoms with Gasteiger partial charge in [0.05, 0.1) is 18.9 Å². The largest absolute Gasteiger partial charge is 0.465 e. The lowest BCUT2D eigenvalue weighted by molar-refractivity contribution is -0.144. The summed E-state index contributed by atoms with van der Waals surface area (Å²) in [6, 6.07) is 1.66. The number of urea groups is 1. The van der Waals surface area contributed by atoms with Crippen LogP contribution in [0.4, 0.5) is 13.6 Å². The molecule has 1 aromatic rings. The van der Waals surface area contributed by atoms with E-state index in [2.05, 4.69) is 21.3 Å². The van der Waals surface area contributed by atoms with Gasteiger partial charge < -0.3 is 30.9 Å². The van der Waals surface area contributed by atoms with Crippen molar-refractivity contribution in [2.75, 3.05) is 40.0 Å². The number of likely N-dealkylation sites (N-methyl/N-ethyl adjacent to an activating group) is 1. The highest BCUT2D eigenvalue weighted by atomic mass is 32.2. The topological polar surface area (TPSA) is 183 Å². The molecule has 5 amide bonds. The van der Waals surface area contributed by atoms with Gasteiger partial charge in [0, 0.05) is 39.1 Å². The van der Waals surface area contributed by atoms with Crippen LogP contribution >= 0.6 is 0 Å². The SMILES string of the molecule is COC(=O)c1ccc(CCNC(=O)[C@H](CC(F)F)NC(=O)[C@@H]2C3C(CN2C(=O)[C@@H](NC(=O)N[C@H](CN(C)S(C)(=O)=O)C(C)(C)C)C2CCCCC2)C3(C)C)cc1. The maximum atomic E-state index is 14.6. The monoisotopic (exact) mass is 810 g/mol. The molecule has 0 radical (unpaired) electrons. The number of esters is 1. The van der Waals surface area contributed by atoms with E-state index in [-0.39, 0.29) is 42.8 Å². The smallest absolute Gasteiger partial charge is 0.337 e. The number of carbonyl (C=O) groups excluding carboxylic acids is 5. The summed E-state index contributed by atoms with van der Waals surface area (Å²) in [5.41, 5.74) is 0.261. The van der Waals surface area contributed by atoms with Gasteiger partial charge in [0.1, 0.15) is 18.1 Å². The fourth-order valence-corrected chi connectivity index (χ4v) is 8.58. The van der Waals surface area contributed by atoms with Gasteiger partial charge in [-0.25, -0.2) is 31.1 Å². The van der Waals surface area contributed by atoms with E-state index < -0.39 is 82.2 Å². The lowest BCUT2D eigenvalue weighted by atomic mass is 9.83. The molecule has 0 spiro atoms. The summed E-state index contributed by atoms with van der Waals surface area (Å²) in [4.78, 5) is 68.8. The first kappa shape index (κ1) is 44.8. The molecule has 1 heterocycles. The molecule has 3 aliphatic rings. The molecule has 2 saturated carbocycles. The van der Waals surface area contributed by atoms with Crippen molar-refractivity contribution in [1.29, 1.82) is 0 Å². The van der Waals surface area contributed by atoms with E-state index in [4.69, 9.17) is 4.74 Å². The Kier molecular flexibility index (Phi) is 14.5. The summed E-state index contributed by atoms with van der Waals surface area (Å²) in [5.74, 6) is -3.01. The maximum Gasteiger partial charge on any atom is 0.337 e. The minimum atomic E-state index is -3.54. The Bertz CT molecular complexity index is 1700. The lowest BCUT2D eigenvalue weighted by Crippen LogP contribution is -2.62. The molecule has 2 aliphatic carbocycles. The number of likely N-dealkylation sites (tertiary alicyclic amines) is 1. The van der Waals surface area contributed by atoms with E-state index in [9.17, 15) is 41.2 Å². The zero-order valence-corrected chi connectivity index (χ0v) is 34.6. The number of carbonyl (C=O) groups is 5. The third-order valence-electron chi connectivity index (χ3n) is 11.9. The molecule has 17 heteroatoms. The zero-order chi connectivity index (χ0) is 41.7.